The van der Waals surface area contributed by atoms with Crippen LogP contribution in [0.2, 0.25) is 0 Å². The summed E-state index contributed by atoms with van der Waals surface area (Å²) in [4.78, 5) is 12.1. The van der Waals surface area contributed by atoms with Gasteiger partial charge in [-0.05, 0) is 42.2 Å². The molecular formula is C20H22N2O3. The van der Waals surface area contributed by atoms with Crippen molar-refractivity contribution in [1.29, 1.82) is 5.26 Å². The third kappa shape index (κ3) is 4.98. The van der Waals surface area contributed by atoms with Crippen molar-refractivity contribution in [2.75, 3.05) is 19.0 Å². The average Bonchev–Trinajstić information content (AvgIpc) is 2.66. The number of nitrogens with one attached hydrogen (secondary N) is 1. The Morgan fingerprint density at radius 3 is 2.52 bits per heavy atom. The highest BCUT2D eigenvalue weighted by atomic mass is 16.5. The topological polar surface area (TPSA) is 71.3 Å². The first-order valence-corrected chi connectivity index (χ1v) is 8.18. The number of nitriles is 1. The Labute approximate surface area is 148 Å². The lowest BCUT2D eigenvalue weighted by atomic mass is 9.99. The number of rotatable bonds is 7. The summed E-state index contributed by atoms with van der Waals surface area (Å²) in [6, 6.07) is 14.7. The summed E-state index contributed by atoms with van der Waals surface area (Å²) in [5.74, 6) is 1.08. The van der Waals surface area contributed by atoms with Crippen LogP contribution in [0.15, 0.2) is 42.5 Å². The molecule has 1 unspecified atom stereocenters. The van der Waals surface area contributed by atoms with Crippen molar-refractivity contribution in [2.24, 2.45) is 0 Å². The molecule has 0 spiro atoms. The van der Waals surface area contributed by atoms with Gasteiger partial charge in [-0.2, -0.15) is 5.26 Å². The number of benzene rings is 2. The minimum Gasteiger partial charge on any atom is -0.493 e. The number of anilines is 1. The molecule has 0 saturated carbocycles. The molecule has 1 atom stereocenters. The summed E-state index contributed by atoms with van der Waals surface area (Å²) in [5.41, 5.74) is 2.45. The molecule has 25 heavy (non-hydrogen) atoms. The zero-order valence-corrected chi connectivity index (χ0v) is 14.7. The maximum Gasteiger partial charge on any atom is 0.262 e. The molecule has 0 heterocycles. The minimum absolute atomic E-state index is 0.143. The van der Waals surface area contributed by atoms with Crippen LogP contribution in [0.5, 0.6) is 11.5 Å². The van der Waals surface area contributed by atoms with Crippen molar-refractivity contribution in [2.45, 2.75) is 26.2 Å². The van der Waals surface area contributed by atoms with E-state index in [-0.39, 0.29) is 12.5 Å². The van der Waals surface area contributed by atoms with Gasteiger partial charge in [-0.3, -0.25) is 4.79 Å². The molecule has 0 bridgehead atoms. The lowest BCUT2D eigenvalue weighted by Gasteiger charge is -2.12. The summed E-state index contributed by atoms with van der Waals surface area (Å²) in [7, 11) is 1.49. The molecule has 1 N–H and O–H groups in total. The second-order valence-electron chi connectivity index (χ2n) is 5.75. The Bertz CT molecular complexity index is 764. The van der Waals surface area contributed by atoms with Crippen molar-refractivity contribution in [3.63, 3.8) is 0 Å². The highest BCUT2D eigenvalue weighted by Crippen LogP contribution is 2.27. The van der Waals surface area contributed by atoms with Gasteiger partial charge in [0.2, 0.25) is 0 Å². The first-order chi connectivity index (χ1) is 12.1. The van der Waals surface area contributed by atoms with E-state index >= 15 is 0 Å². The SMILES string of the molecule is CCC(C)c1ccc(NC(=O)COc2ccc(C#N)cc2OC)cc1. The fourth-order valence-corrected chi connectivity index (χ4v) is 2.33. The number of ether oxygens (including phenoxy) is 2. The molecule has 5 heteroatoms. The molecule has 2 rings (SSSR count). The zero-order chi connectivity index (χ0) is 18.2. The summed E-state index contributed by atoms with van der Waals surface area (Å²) >= 11 is 0. The van der Waals surface area contributed by atoms with E-state index in [2.05, 4.69) is 19.2 Å². The Morgan fingerprint density at radius 2 is 1.92 bits per heavy atom. The smallest absolute Gasteiger partial charge is 0.262 e. The molecule has 0 aliphatic heterocycles. The second kappa shape index (κ2) is 8.74. The highest BCUT2D eigenvalue weighted by molar-refractivity contribution is 5.91. The van der Waals surface area contributed by atoms with Gasteiger partial charge < -0.3 is 14.8 Å². The minimum atomic E-state index is -0.261. The Morgan fingerprint density at radius 1 is 1.20 bits per heavy atom. The van der Waals surface area contributed by atoms with Crippen LogP contribution < -0.4 is 14.8 Å². The van der Waals surface area contributed by atoms with E-state index in [9.17, 15) is 4.79 Å². The normalized spacial score (nSPS) is 11.3. The van der Waals surface area contributed by atoms with E-state index < -0.39 is 0 Å². The maximum atomic E-state index is 12.1. The first kappa shape index (κ1) is 18.3. The lowest BCUT2D eigenvalue weighted by Crippen LogP contribution is -2.20. The molecule has 2 aromatic carbocycles. The van der Waals surface area contributed by atoms with Gasteiger partial charge in [0.25, 0.3) is 5.91 Å². The van der Waals surface area contributed by atoms with E-state index in [1.807, 2.05) is 30.3 Å². The number of carbonyl (C=O) groups excluding carboxylic acids is 1. The number of hydrogen-bond acceptors (Lipinski definition) is 4. The van der Waals surface area contributed by atoms with Crippen LogP contribution in [0.25, 0.3) is 0 Å². The monoisotopic (exact) mass is 338 g/mol. The van der Waals surface area contributed by atoms with Gasteiger partial charge >= 0.3 is 0 Å². The van der Waals surface area contributed by atoms with Crippen LogP contribution in [0, 0.1) is 11.3 Å². The average molecular weight is 338 g/mol. The van der Waals surface area contributed by atoms with Crippen molar-refractivity contribution in [3.8, 4) is 17.6 Å². The van der Waals surface area contributed by atoms with Crippen molar-refractivity contribution in [3.05, 3.63) is 53.6 Å². The van der Waals surface area contributed by atoms with Crippen LogP contribution in [-0.2, 0) is 4.79 Å². The van der Waals surface area contributed by atoms with Crippen molar-refractivity contribution >= 4 is 11.6 Å². The van der Waals surface area contributed by atoms with E-state index in [0.29, 0.717) is 23.0 Å². The highest BCUT2D eigenvalue weighted by Gasteiger charge is 2.09. The molecule has 0 aliphatic rings. The maximum absolute atomic E-state index is 12.1. The number of amides is 1. The molecule has 0 saturated heterocycles. The van der Waals surface area contributed by atoms with E-state index in [0.717, 1.165) is 12.1 Å². The molecule has 2 aromatic rings. The fourth-order valence-electron chi connectivity index (χ4n) is 2.33. The molecular weight excluding hydrogens is 316 g/mol. The van der Waals surface area contributed by atoms with Gasteiger partial charge in [0.05, 0.1) is 18.7 Å². The van der Waals surface area contributed by atoms with Gasteiger partial charge in [-0.1, -0.05) is 26.0 Å². The quantitative estimate of drug-likeness (QED) is 0.825. The summed E-state index contributed by atoms with van der Waals surface area (Å²) in [6.07, 6.45) is 1.08. The van der Waals surface area contributed by atoms with Crippen LogP contribution >= 0.6 is 0 Å². The molecule has 130 valence electrons. The third-order valence-electron chi connectivity index (χ3n) is 4.03. The van der Waals surface area contributed by atoms with Crippen molar-refractivity contribution < 1.29 is 14.3 Å². The Kier molecular flexibility index (Phi) is 6.41. The molecule has 1 amide bonds. The summed E-state index contributed by atoms with van der Waals surface area (Å²) in [5, 5.41) is 11.7. The van der Waals surface area contributed by atoms with Gasteiger partial charge in [-0.25, -0.2) is 0 Å². The largest absolute Gasteiger partial charge is 0.493 e. The first-order valence-electron chi connectivity index (χ1n) is 8.18. The van der Waals surface area contributed by atoms with Crippen LogP contribution in [0.3, 0.4) is 0 Å². The number of nitrogens with zero attached hydrogens (tertiary/aromatic N) is 1. The summed E-state index contributed by atoms with van der Waals surface area (Å²) < 4.78 is 10.7. The third-order valence-corrected chi connectivity index (χ3v) is 4.03. The van der Waals surface area contributed by atoms with E-state index in [4.69, 9.17) is 14.7 Å². The Hall–Kier alpha value is -3.00. The lowest BCUT2D eigenvalue weighted by molar-refractivity contribution is -0.118. The van der Waals surface area contributed by atoms with Gasteiger partial charge in [0, 0.05) is 11.8 Å². The predicted molar refractivity (Wildman–Crippen MR) is 97.0 cm³/mol. The van der Waals surface area contributed by atoms with Crippen LogP contribution in [0.1, 0.15) is 37.3 Å². The molecule has 0 aliphatic carbocycles. The predicted octanol–water partition coefficient (Wildman–Crippen LogP) is 4.10. The standard InChI is InChI=1S/C20H22N2O3/c1-4-14(2)16-6-8-17(9-7-16)22-20(23)13-25-18-10-5-15(12-21)11-19(18)24-3/h5-11,14H,4,13H2,1-3H3,(H,22,23). The number of methoxy groups -OCH3 is 1. The van der Waals surface area contributed by atoms with Gasteiger partial charge in [0.1, 0.15) is 0 Å². The zero-order valence-electron chi connectivity index (χ0n) is 14.7. The van der Waals surface area contributed by atoms with Crippen LogP contribution in [0.4, 0.5) is 5.69 Å². The van der Waals surface area contributed by atoms with Gasteiger partial charge in [0.15, 0.2) is 18.1 Å². The van der Waals surface area contributed by atoms with Crippen LogP contribution in [-0.4, -0.2) is 19.6 Å². The van der Waals surface area contributed by atoms with E-state index in [1.54, 1.807) is 18.2 Å². The van der Waals surface area contributed by atoms with Gasteiger partial charge in [-0.15, -0.1) is 0 Å². The van der Waals surface area contributed by atoms with Crippen molar-refractivity contribution in [1.82, 2.24) is 0 Å². The Balaban J connectivity index is 1.94. The second-order valence-corrected chi connectivity index (χ2v) is 5.75. The molecule has 0 radical (unpaired) electrons. The number of hydrogen-bond donors (Lipinski definition) is 1. The van der Waals surface area contributed by atoms with E-state index in [1.165, 1.54) is 12.7 Å². The number of carbonyl (C=O) groups is 1. The molecule has 0 aromatic heterocycles. The molecule has 0 fully saturated rings. The molecule has 5 nitrogen and oxygen atoms in total. The summed E-state index contributed by atoms with van der Waals surface area (Å²) in [6.45, 7) is 4.18. The fraction of sp³-hybridized carbons (Fsp3) is 0.300.